The van der Waals surface area contributed by atoms with Crippen LogP contribution in [0.3, 0.4) is 0 Å². The second-order valence-electron chi connectivity index (χ2n) is 4.61. The van der Waals surface area contributed by atoms with E-state index in [1.54, 1.807) is 6.07 Å². The zero-order valence-corrected chi connectivity index (χ0v) is 10.7. The van der Waals surface area contributed by atoms with Gasteiger partial charge in [-0.25, -0.2) is 0 Å². The first-order valence-corrected chi connectivity index (χ1v) is 6.39. The van der Waals surface area contributed by atoms with Crippen molar-refractivity contribution in [3.05, 3.63) is 28.5 Å². The molecule has 1 atom stereocenters. The van der Waals surface area contributed by atoms with Crippen LogP contribution in [0.1, 0.15) is 12.0 Å². The van der Waals surface area contributed by atoms with E-state index in [0.717, 1.165) is 37.2 Å². The molecule has 2 aromatic rings. The zero-order valence-electron chi connectivity index (χ0n) is 9.85. The van der Waals surface area contributed by atoms with Gasteiger partial charge in [0.2, 0.25) is 0 Å². The van der Waals surface area contributed by atoms with Crippen molar-refractivity contribution in [3.63, 3.8) is 0 Å². The highest BCUT2D eigenvalue weighted by Crippen LogP contribution is 2.21. The first-order chi connectivity index (χ1) is 8.78. The summed E-state index contributed by atoms with van der Waals surface area (Å²) in [5.41, 5.74) is 2.65. The third-order valence-electron chi connectivity index (χ3n) is 3.37. The van der Waals surface area contributed by atoms with Crippen LogP contribution in [-0.4, -0.2) is 22.8 Å². The molecule has 4 nitrogen and oxygen atoms in total. The van der Waals surface area contributed by atoms with Crippen molar-refractivity contribution in [2.24, 2.45) is 5.92 Å². The van der Waals surface area contributed by atoms with Gasteiger partial charge in [-0.15, -0.1) is 0 Å². The normalized spacial score (nSPS) is 19.2. The van der Waals surface area contributed by atoms with Crippen LogP contribution in [0, 0.1) is 22.0 Å². The summed E-state index contributed by atoms with van der Waals surface area (Å²) in [6.45, 7) is 2.49. The third kappa shape index (κ3) is 1.94. The first kappa shape index (κ1) is 11.5. The van der Waals surface area contributed by atoms with Crippen molar-refractivity contribution < 1.29 is 4.74 Å². The van der Waals surface area contributed by atoms with Gasteiger partial charge >= 0.3 is 0 Å². The lowest BCUT2D eigenvalue weighted by molar-refractivity contribution is 0.182. The van der Waals surface area contributed by atoms with E-state index >= 15 is 0 Å². The van der Waals surface area contributed by atoms with Gasteiger partial charge in [0.15, 0.2) is 4.77 Å². The summed E-state index contributed by atoms with van der Waals surface area (Å²) in [6.07, 6.45) is 1.08. The number of nitriles is 1. The standard InChI is InChI=1S/C13H13N3OS/c14-6-9-1-2-11-12(5-9)16(13(18)15-11)7-10-3-4-17-8-10/h1-2,5,10H,3-4,7-8H2,(H,15,18). The highest BCUT2D eigenvalue weighted by atomic mass is 32.1. The molecule has 1 saturated heterocycles. The van der Waals surface area contributed by atoms with Gasteiger partial charge in [-0.3, -0.25) is 0 Å². The molecule has 1 N–H and O–H groups in total. The number of hydrogen-bond donors (Lipinski definition) is 1. The maximum absolute atomic E-state index is 8.96. The summed E-state index contributed by atoms with van der Waals surface area (Å²) in [5, 5.41) is 8.96. The summed E-state index contributed by atoms with van der Waals surface area (Å²) in [6, 6.07) is 7.76. The number of aromatic amines is 1. The molecule has 0 bridgehead atoms. The van der Waals surface area contributed by atoms with Crippen LogP contribution in [-0.2, 0) is 11.3 Å². The maximum Gasteiger partial charge on any atom is 0.178 e. The minimum atomic E-state index is 0.515. The molecule has 0 amide bonds. The number of H-pyrrole nitrogens is 1. The quantitative estimate of drug-likeness (QED) is 0.843. The number of fused-ring (bicyclic) bond motifs is 1. The maximum atomic E-state index is 8.96. The topological polar surface area (TPSA) is 53.7 Å². The highest BCUT2D eigenvalue weighted by molar-refractivity contribution is 7.71. The molecule has 1 unspecified atom stereocenters. The molecule has 0 aliphatic carbocycles. The van der Waals surface area contributed by atoms with Crippen LogP contribution in [0.15, 0.2) is 18.2 Å². The fourth-order valence-electron chi connectivity index (χ4n) is 2.39. The summed E-state index contributed by atoms with van der Waals surface area (Å²) < 4.78 is 8.18. The predicted molar refractivity (Wildman–Crippen MR) is 70.8 cm³/mol. The summed E-state index contributed by atoms with van der Waals surface area (Å²) in [7, 11) is 0. The molecule has 92 valence electrons. The van der Waals surface area contributed by atoms with E-state index in [-0.39, 0.29) is 0 Å². The number of aromatic nitrogens is 2. The van der Waals surface area contributed by atoms with Crippen molar-refractivity contribution >= 4 is 23.3 Å². The molecular formula is C13H13N3OS. The molecule has 2 heterocycles. The van der Waals surface area contributed by atoms with E-state index in [1.165, 1.54) is 0 Å². The molecule has 1 fully saturated rings. The molecular weight excluding hydrogens is 246 g/mol. The zero-order chi connectivity index (χ0) is 12.5. The van der Waals surface area contributed by atoms with E-state index in [2.05, 4.69) is 15.6 Å². The lowest BCUT2D eigenvalue weighted by Crippen LogP contribution is -2.10. The Morgan fingerprint density at radius 3 is 3.17 bits per heavy atom. The van der Waals surface area contributed by atoms with Crippen LogP contribution in [0.5, 0.6) is 0 Å². The van der Waals surface area contributed by atoms with E-state index in [9.17, 15) is 0 Å². The molecule has 1 aliphatic rings. The monoisotopic (exact) mass is 259 g/mol. The van der Waals surface area contributed by atoms with Crippen molar-refractivity contribution in [2.75, 3.05) is 13.2 Å². The summed E-state index contributed by atoms with van der Waals surface area (Å²) in [4.78, 5) is 3.18. The van der Waals surface area contributed by atoms with E-state index in [0.29, 0.717) is 16.3 Å². The number of nitrogens with zero attached hydrogens (tertiary/aromatic N) is 2. The fraction of sp³-hybridized carbons (Fsp3) is 0.385. The summed E-state index contributed by atoms with van der Waals surface area (Å²) >= 11 is 5.35. The summed E-state index contributed by atoms with van der Waals surface area (Å²) in [5.74, 6) is 0.515. The van der Waals surface area contributed by atoms with E-state index in [1.807, 2.05) is 12.1 Å². The lowest BCUT2D eigenvalue weighted by atomic mass is 10.1. The smallest absolute Gasteiger partial charge is 0.178 e. The van der Waals surface area contributed by atoms with Crippen molar-refractivity contribution in [1.29, 1.82) is 5.26 Å². The number of ether oxygens (including phenoxy) is 1. The van der Waals surface area contributed by atoms with Crippen LogP contribution in [0.4, 0.5) is 0 Å². The highest BCUT2D eigenvalue weighted by Gasteiger charge is 2.17. The molecule has 3 rings (SSSR count). The molecule has 0 spiro atoms. The number of nitrogens with one attached hydrogen (secondary N) is 1. The van der Waals surface area contributed by atoms with Gasteiger partial charge in [0.25, 0.3) is 0 Å². The van der Waals surface area contributed by atoms with Crippen molar-refractivity contribution in [1.82, 2.24) is 9.55 Å². The van der Waals surface area contributed by atoms with Gasteiger partial charge in [0.1, 0.15) is 0 Å². The SMILES string of the molecule is N#Cc1ccc2[nH]c(=S)n(CC3CCOC3)c2c1. The number of imidazole rings is 1. The molecule has 0 radical (unpaired) electrons. The van der Waals surface area contributed by atoms with E-state index < -0.39 is 0 Å². The average molecular weight is 259 g/mol. The minimum Gasteiger partial charge on any atom is -0.381 e. The van der Waals surface area contributed by atoms with Crippen LogP contribution in [0.25, 0.3) is 11.0 Å². The van der Waals surface area contributed by atoms with Crippen molar-refractivity contribution in [2.45, 2.75) is 13.0 Å². The third-order valence-corrected chi connectivity index (χ3v) is 3.69. The second kappa shape index (κ2) is 4.56. The van der Waals surface area contributed by atoms with Gasteiger partial charge in [-0.05, 0) is 36.8 Å². The van der Waals surface area contributed by atoms with Crippen LogP contribution < -0.4 is 0 Å². The molecule has 0 saturated carbocycles. The Labute approximate surface area is 110 Å². The largest absolute Gasteiger partial charge is 0.381 e. The van der Waals surface area contributed by atoms with Gasteiger partial charge in [0.05, 0.1) is 29.3 Å². The van der Waals surface area contributed by atoms with Crippen LogP contribution >= 0.6 is 12.2 Å². The minimum absolute atomic E-state index is 0.515. The second-order valence-corrected chi connectivity index (χ2v) is 5.00. The Bertz CT molecular complexity index is 674. The Morgan fingerprint density at radius 2 is 2.44 bits per heavy atom. The van der Waals surface area contributed by atoms with Gasteiger partial charge in [0, 0.05) is 19.1 Å². The van der Waals surface area contributed by atoms with Crippen molar-refractivity contribution in [3.8, 4) is 6.07 Å². The molecule has 1 aliphatic heterocycles. The Hall–Kier alpha value is -1.64. The van der Waals surface area contributed by atoms with Gasteiger partial charge < -0.3 is 14.3 Å². The average Bonchev–Trinajstić information content (AvgIpc) is 2.99. The Morgan fingerprint density at radius 1 is 1.56 bits per heavy atom. The van der Waals surface area contributed by atoms with Gasteiger partial charge in [-0.2, -0.15) is 5.26 Å². The number of hydrogen-bond acceptors (Lipinski definition) is 3. The molecule has 5 heteroatoms. The molecule has 1 aromatic heterocycles. The first-order valence-electron chi connectivity index (χ1n) is 5.98. The van der Waals surface area contributed by atoms with Gasteiger partial charge in [-0.1, -0.05) is 0 Å². The Balaban J connectivity index is 2.06. The number of rotatable bonds is 2. The molecule has 1 aromatic carbocycles. The Kier molecular flexibility index (Phi) is 2.90. The number of benzene rings is 1. The lowest BCUT2D eigenvalue weighted by Gasteiger charge is -2.09. The fourth-order valence-corrected chi connectivity index (χ4v) is 2.67. The predicted octanol–water partition coefficient (Wildman–Crippen LogP) is 2.61. The molecule has 18 heavy (non-hydrogen) atoms. The van der Waals surface area contributed by atoms with Crippen LogP contribution in [0.2, 0.25) is 0 Å². The van der Waals surface area contributed by atoms with E-state index in [4.69, 9.17) is 22.2 Å².